The van der Waals surface area contributed by atoms with E-state index >= 15 is 0 Å². The van der Waals surface area contributed by atoms with Gasteiger partial charge in [0.05, 0.1) is 24.3 Å². The fourth-order valence-electron chi connectivity index (χ4n) is 3.20. The standard InChI is InChI=1S/C21H15N5O2/c1-26-11-16(9-25-26)15-4-14-5-17(22-10-19(14)23-8-15)7-20(27)13-2-3-21-18(6-13)24-12-28-21/h2-6,8-12H,7H2,1H3. The smallest absolute Gasteiger partial charge is 0.181 e. The maximum Gasteiger partial charge on any atom is 0.181 e. The molecule has 0 radical (unpaired) electrons. The number of aromatic nitrogens is 5. The van der Waals surface area contributed by atoms with E-state index in [2.05, 4.69) is 20.1 Å². The Morgan fingerprint density at radius 3 is 2.79 bits per heavy atom. The van der Waals surface area contributed by atoms with E-state index in [9.17, 15) is 4.79 Å². The van der Waals surface area contributed by atoms with E-state index in [0.717, 1.165) is 22.0 Å². The van der Waals surface area contributed by atoms with Crippen LogP contribution in [0.25, 0.3) is 33.1 Å². The van der Waals surface area contributed by atoms with Crippen molar-refractivity contribution in [1.29, 1.82) is 0 Å². The first-order chi connectivity index (χ1) is 13.7. The van der Waals surface area contributed by atoms with Crippen LogP contribution in [0.2, 0.25) is 0 Å². The van der Waals surface area contributed by atoms with Crippen LogP contribution in [0.3, 0.4) is 0 Å². The van der Waals surface area contributed by atoms with Crippen LogP contribution in [0.4, 0.5) is 0 Å². The summed E-state index contributed by atoms with van der Waals surface area (Å²) >= 11 is 0. The second kappa shape index (κ2) is 6.38. The maximum absolute atomic E-state index is 12.7. The lowest BCUT2D eigenvalue weighted by Gasteiger charge is -2.05. The zero-order valence-corrected chi connectivity index (χ0v) is 15.0. The van der Waals surface area contributed by atoms with Crippen LogP contribution in [-0.4, -0.2) is 30.5 Å². The van der Waals surface area contributed by atoms with Gasteiger partial charge in [0.2, 0.25) is 0 Å². The fourth-order valence-corrected chi connectivity index (χ4v) is 3.20. The predicted octanol–water partition coefficient (Wildman–Crippen LogP) is 3.60. The third-order valence-corrected chi connectivity index (χ3v) is 4.66. The zero-order valence-electron chi connectivity index (χ0n) is 15.0. The second-order valence-corrected chi connectivity index (χ2v) is 6.63. The molecule has 4 aromatic heterocycles. The summed E-state index contributed by atoms with van der Waals surface area (Å²) in [5.41, 5.74) is 5.37. The second-order valence-electron chi connectivity index (χ2n) is 6.63. The third-order valence-electron chi connectivity index (χ3n) is 4.66. The van der Waals surface area contributed by atoms with Crippen molar-refractivity contribution in [2.45, 2.75) is 6.42 Å². The average molecular weight is 369 g/mol. The number of carbonyl (C=O) groups is 1. The molecule has 28 heavy (non-hydrogen) atoms. The van der Waals surface area contributed by atoms with Gasteiger partial charge in [0, 0.05) is 47.2 Å². The highest BCUT2D eigenvalue weighted by atomic mass is 16.3. The van der Waals surface area contributed by atoms with Crippen LogP contribution in [0, 0.1) is 0 Å². The molecule has 0 spiro atoms. The molecule has 5 rings (SSSR count). The molecule has 0 aliphatic heterocycles. The number of pyridine rings is 2. The summed E-state index contributed by atoms with van der Waals surface area (Å²) < 4.78 is 6.97. The van der Waals surface area contributed by atoms with Crippen molar-refractivity contribution >= 4 is 27.8 Å². The normalized spacial score (nSPS) is 11.3. The van der Waals surface area contributed by atoms with Gasteiger partial charge in [-0.15, -0.1) is 0 Å². The highest BCUT2D eigenvalue weighted by Gasteiger charge is 2.11. The van der Waals surface area contributed by atoms with Gasteiger partial charge in [-0.25, -0.2) is 4.98 Å². The summed E-state index contributed by atoms with van der Waals surface area (Å²) in [6, 6.07) is 9.20. The summed E-state index contributed by atoms with van der Waals surface area (Å²) in [6.45, 7) is 0. The van der Waals surface area contributed by atoms with Gasteiger partial charge in [0.15, 0.2) is 17.8 Å². The van der Waals surface area contributed by atoms with E-state index < -0.39 is 0 Å². The first kappa shape index (κ1) is 16.3. The number of Topliss-reactive ketones (excluding diaryl/α,β-unsaturated/α-hetero) is 1. The Kier molecular flexibility index (Phi) is 3.72. The Morgan fingerprint density at radius 2 is 1.93 bits per heavy atom. The predicted molar refractivity (Wildman–Crippen MR) is 104 cm³/mol. The van der Waals surface area contributed by atoms with Crippen LogP contribution >= 0.6 is 0 Å². The van der Waals surface area contributed by atoms with Gasteiger partial charge < -0.3 is 4.42 Å². The van der Waals surface area contributed by atoms with Gasteiger partial charge in [-0.05, 0) is 30.3 Å². The van der Waals surface area contributed by atoms with Crippen molar-refractivity contribution in [3.63, 3.8) is 0 Å². The zero-order chi connectivity index (χ0) is 19.1. The number of carbonyl (C=O) groups excluding carboxylic acids is 1. The van der Waals surface area contributed by atoms with Gasteiger partial charge in [-0.3, -0.25) is 19.4 Å². The van der Waals surface area contributed by atoms with Crippen LogP contribution in [0.15, 0.2) is 65.9 Å². The lowest BCUT2D eigenvalue weighted by Crippen LogP contribution is -2.05. The summed E-state index contributed by atoms with van der Waals surface area (Å²) in [5, 5.41) is 5.14. The molecule has 0 saturated carbocycles. The van der Waals surface area contributed by atoms with Crippen molar-refractivity contribution in [3.05, 3.63) is 72.8 Å². The fraction of sp³-hybridized carbons (Fsp3) is 0.0952. The van der Waals surface area contributed by atoms with E-state index in [-0.39, 0.29) is 12.2 Å². The Labute approximate surface area is 159 Å². The molecule has 7 heteroatoms. The highest BCUT2D eigenvalue weighted by molar-refractivity contribution is 6.00. The van der Waals surface area contributed by atoms with Crippen LogP contribution in [0.1, 0.15) is 16.1 Å². The van der Waals surface area contributed by atoms with Crippen LogP contribution in [0.5, 0.6) is 0 Å². The van der Waals surface area contributed by atoms with Crippen LogP contribution < -0.4 is 0 Å². The molecule has 0 N–H and O–H groups in total. The number of nitrogens with zero attached hydrogens (tertiary/aromatic N) is 5. The number of aryl methyl sites for hydroxylation is 1. The first-order valence-electron chi connectivity index (χ1n) is 8.76. The SMILES string of the molecule is Cn1cc(-c2cnc3cnc(CC(=O)c4ccc5ocnc5c4)cc3c2)cn1. The van der Waals surface area contributed by atoms with E-state index in [4.69, 9.17) is 4.42 Å². The summed E-state index contributed by atoms with van der Waals surface area (Å²) in [6.07, 6.45) is 8.82. The molecule has 0 aliphatic rings. The molecule has 1 aromatic carbocycles. The van der Waals surface area contributed by atoms with Crippen molar-refractivity contribution in [3.8, 4) is 11.1 Å². The van der Waals surface area contributed by atoms with Crippen molar-refractivity contribution in [1.82, 2.24) is 24.7 Å². The number of benzene rings is 1. The number of hydrogen-bond donors (Lipinski definition) is 0. The van der Waals surface area contributed by atoms with Crippen molar-refractivity contribution < 1.29 is 9.21 Å². The molecule has 0 saturated heterocycles. The first-order valence-corrected chi connectivity index (χ1v) is 8.76. The van der Waals surface area contributed by atoms with E-state index in [0.29, 0.717) is 22.4 Å². The Balaban J connectivity index is 1.45. The third kappa shape index (κ3) is 2.92. The molecule has 0 bridgehead atoms. The summed E-state index contributed by atoms with van der Waals surface area (Å²) in [4.78, 5) is 25.6. The number of rotatable bonds is 4. The van der Waals surface area contributed by atoms with Gasteiger partial charge in [0.1, 0.15) is 5.52 Å². The Hall–Kier alpha value is -3.87. The lowest BCUT2D eigenvalue weighted by molar-refractivity contribution is 0.0992. The topological polar surface area (TPSA) is 86.7 Å². The molecular formula is C21H15N5O2. The monoisotopic (exact) mass is 369 g/mol. The summed E-state index contributed by atoms with van der Waals surface area (Å²) in [5.74, 6) is -0.0203. The molecule has 5 aromatic rings. The largest absolute Gasteiger partial charge is 0.443 e. The minimum atomic E-state index is -0.0203. The maximum atomic E-state index is 12.7. The molecule has 0 fully saturated rings. The highest BCUT2D eigenvalue weighted by Crippen LogP contribution is 2.23. The van der Waals surface area contributed by atoms with Gasteiger partial charge in [0.25, 0.3) is 0 Å². The van der Waals surface area contributed by atoms with E-state index in [1.165, 1.54) is 6.39 Å². The Morgan fingerprint density at radius 1 is 1.00 bits per heavy atom. The minimum absolute atomic E-state index is 0.0203. The van der Waals surface area contributed by atoms with Crippen molar-refractivity contribution in [2.75, 3.05) is 0 Å². The molecule has 4 heterocycles. The van der Waals surface area contributed by atoms with Crippen molar-refractivity contribution in [2.24, 2.45) is 7.05 Å². The Bertz CT molecular complexity index is 1340. The molecule has 0 amide bonds. The molecular weight excluding hydrogens is 354 g/mol. The average Bonchev–Trinajstić information content (AvgIpc) is 3.35. The minimum Gasteiger partial charge on any atom is -0.443 e. The number of ketones is 1. The number of hydrogen-bond acceptors (Lipinski definition) is 6. The van der Waals surface area contributed by atoms with Gasteiger partial charge in [-0.2, -0.15) is 5.10 Å². The molecule has 0 unspecified atom stereocenters. The van der Waals surface area contributed by atoms with E-state index in [1.807, 2.05) is 25.4 Å². The number of oxazole rings is 1. The lowest BCUT2D eigenvalue weighted by atomic mass is 10.0. The van der Waals surface area contributed by atoms with Gasteiger partial charge in [-0.1, -0.05) is 0 Å². The molecule has 0 aliphatic carbocycles. The van der Waals surface area contributed by atoms with Gasteiger partial charge >= 0.3 is 0 Å². The quantitative estimate of drug-likeness (QED) is 0.450. The molecule has 136 valence electrons. The van der Waals surface area contributed by atoms with E-state index in [1.54, 1.807) is 41.5 Å². The summed E-state index contributed by atoms with van der Waals surface area (Å²) in [7, 11) is 1.88. The molecule has 0 atom stereocenters. The number of fused-ring (bicyclic) bond motifs is 2. The molecule has 7 nitrogen and oxygen atoms in total. The van der Waals surface area contributed by atoms with Crippen LogP contribution in [-0.2, 0) is 13.5 Å².